The van der Waals surface area contributed by atoms with Crippen LogP contribution in [-0.4, -0.2) is 28.7 Å². The molecule has 9 rings (SSSR count). The van der Waals surface area contributed by atoms with Crippen LogP contribution in [0.2, 0.25) is 39.3 Å². The number of hydrogen-bond acceptors (Lipinski definition) is 2. The third-order valence-corrected chi connectivity index (χ3v) is 15.8. The molecule has 9 aromatic rings. The van der Waals surface area contributed by atoms with Crippen LogP contribution in [0.15, 0.2) is 115 Å². The Hall–Kier alpha value is -7.32. The van der Waals surface area contributed by atoms with Crippen LogP contribution in [0.3, 0.4) is 0 Å². The van der Waals surface area contributed by atoms with E-state index in [-0.39, 0.29) is 11.9 Å². The van der Waals surface area contributed by atoms with Crippen LogP contribution in [0.25, 0.3) is 64.6 Å². The fourth-order valence-electron chi connectivity index (χ4n) is 11.0. The van der Waals surface area contributed by atoms with Crippen molar-refractivity contribution in [3.8, 4) is 46.6 Å². The van der Waals surface area contributed by atoms with Crippen molar-refractivity contribution in [3.63, 3.8) is 0 Å². The summed E-state index contributed by atoms with van der Waals surface area (Å²) in [4.78, 5) is 14.3. The second-order valence-electron chi connectivity index (χ2n) is 23.9. The maximum atomic E-state index is 14.3. The Labute approximate surface area is 448 Å². The van der Waals surface area contributed by atoms with Crippen LogP contribution >= 0.6 is 0 Å². The van der Waals surface area contributed by atoms with Crippen LogP contribution in [0.1, 0.15) is 107 Å². The number of esters is 1. The number of ether oxygens (including phenoxy) is 1. The molecule has 0 saturated heterocycles. The molecule has 0 amide bonds. The number of rotatable bonds is 7. The van der Waals surface area contributed by atoms with Gasteiger partial charge in [0, 0.05) is 33.4 Å². The molecule has 0 aromatic heterocycles. The topological polar surface area (TPSA) is 26.3 Å². The van der Waals surface area contributed by atoms with Crippen LogP contribution in [0, 0.1) is 92.1 Å². The summed E-state index contributed by atoms with van der Waals surface area (Å²) in [5.74, 6) is 22.5. The van der Waals surface area contributed by atoms with Crippen molar-refractivity contribution in [2.45, 2.75) is 108 Å². The zero-order chi connectivity index (χ0) is 53.5. The van der Waals surface area contributed by atoms with Gasteiger partial charge < -0.3 is 4.74 Å². The summed E-state index contributed by atoms with van der Waals surface area (Å²) in [6.07, 6.45) is 1.99. The first-order chi connectivity index (χ1) is 35.6. The minimum Gasteiger partial charge on any atom is -0.462 e. The van der Waals surface area contributed by atoms with Crippen molar-refractivity contribution in [2.24, 2.45) is 17.8 Å². The summed E-state index contributed by atoms with van der Waals surface area (Å²) in [6.45, 7) is 31.8. The molecule has 0 unspecified atom stereocenters. The van der Waals surface area contributed by atoms with E-state index < -0.39 is 16.1 Å². The maximum absolute atomic E-state index is 14.3. The minimum atomic E-state index is -1.67. The Morgan fingerprint density at radius 2 is 0.773 bits per heavy atom. The molecule has 0 fully saturated rings. The van der Waals surface area contributed by atoms with Crippen LogP contribution < -0.4 is 0 Å². The lowest BCUT2D eigenvalue weighted by Crippen LogP contribution is -2.18. The Morgan fingerprint density at radius 1 is 0.440 bits per heavy atom. The number of carbonyl (C=O) groups is 1. The van der Waals surface area contributed by atoms with E-state index >= 15 is 0 Å². The van der Waals surface area contributed by atoms with Gasteiger partial charge in [-0.05, 0) is 188 Å². The highest BCUT2D eigenvalue weighted by molar-refractivity contribution is 6.84. The third-order valence-electron chi connectivity index (χ3n) is 14.1. The van der Waals surface area contributed by atoms with Crippen LogP contribution in [0.5, 0.6) is 0 Å². The van der Waals surface area contributed by atoms with Crippen molar-refractivity contribution >= 4 is 86.8 Å². The van der Waals surface area contributed by atoms with E-state index in [1.807, 2.05) is 18.2 Å². The Bertz CT molecular complexity index is 3820. The lowest BCUT2D eigenvalue weighted by atomic mass is 9.88. The smallest absolute Gasteiger partial charge is 0.338 e. The summed E-state index contributed by atoms with van der Waals surface area (Å²) < 4.78 is 6.21. The summed E-state index contributed by atoms with van der Waals surface area (Å²) in [5.41, 5.74) is 17.9. The lowest BCUT2D eigenvalue weighted by Gasteiger charge is -2.20. The van der Waals surface area contributed by atoms with Gasteiger partial charge in [0.15, 0.2) is 0 Å². The Morgan fingerprint density at radius 3 is 1.09 bits per heavy atom. The van der Waals surface area contributed by atoms with Gasteiger partial charge in [0.05, 0.1) is 12.2 Å². The fourth-order valence-corrected chi connectivity index (χ4v) is 12.0. The fraction of sp³-hybridized carbons (Fsp3) is 0.282. The van der Waals surface area contributed by atoms with Crippen molar-refractivity contribution in [1.29, 1.82) is 0 Å². The Kier molecular flexibility index (Phi) is 14.8. The van der Waals surface area contributed by atoms with Gasteiger partial charge in [-0.3, -0.25) is 0 Å². The average molecular weight is 1010 g/mol. The van der Waals surface area contributed by atoms with Gasteiger partial charge in [-0.1, -0.05) is 175 Å². The molecule has 374 valence electrons. The number of hydrogen-bond donors (Lipinski definition) is 0. The van der Waals surface area contributed by atoms with Crippen molar-refractivity contribution in [2.75, 3.05) is 6.61 Å². The number of benzene rings is 9. The monoisotopic (exact) mass is 1010 g/mol. The van der Waals surface area contributed by atoms with Crippen LogP contribution in [-0.2, 0) is 4.74 Å². The minimum absolute atomic E-state index is 0.274. The number of carbonyl (C=O) groups excluding carboxylic acids is 1. The van der Waals surface area contributed by atoms with E-state index in [4.69, 9.17) is 4.74 Å². The number of fused-ring (bicyclic) bond motifs is 10. The largest absolute Gasteiger partial charge is 0.462 e. The Balaban J connectivity index is 1.23. The predicted octanol–water partition coefficient (Wildman–Crippen LogP) is 18.0. The second kappa shape index (κ2) is 21.1. The molecule has 0 atom stereocenters. The van der Waals surface area contributed by atoms with Gasteiger partial charge in [-0.25, -0.2) is 4.79 Å². The normalized spacial score (nSPS) is 11.7. The zero-order valence-electron chi connectivity index (χ0n) is 46.6. The molecule has 0 heterocycles. The molecule has 0 aliphatic rings. The highest BCUT2D eigenvalue weighted by atomic mass is 28.3. The number of aryl methyl sites for hydroxylation is 4. The standard InChI is InChI=1S/C71H70O2Si2/c1-45(2)35-53(36-46(3)4)44-73-71(72)60-38-51(27-29-54-40-58-42-56(31-33-74(9,10)11)63-25-17-21-49(7)67(63)69(58)65-47(5)19-15-23-61(54)65)37-52(39-60)28-30-55-41-59-43-57(32-34-75(12,13)14)64-26-18-22-50(8)68(64)70(59)66-48(6)20-16-24-62(55)66/h15-26,37-43,45-46,53H,35-36,44H2,1-14H3. The highest BCUT2D eigenvalue weighted by Crippen LogP contribution is 2.41. The summed E-state index contributed by atoms with van der Waals surface area (Å²) >= 11 is 0. The first-order valence-electron chi connectivity index (χ1n) is 26.8. The SMILES string of the molecule is Cc1cccc2c(C#Cc3cc(C#Cc4cc5cc(C#C[Si](C)(C)C)c6cccc(C)c6c5c5c(C)cccc45)cc(C(=O)OCC(CC(C)C)CC(C)C)c3)cc3cc(C#C[Si](C)(C)C)c4cccc(C)c4c3c12. The first-order valence-corrected chi connectivity index (χ1v) is 33.8. The molecule has 0 bridgehead atoms. The molecule has 4 heteroatoms. The summed E-state index contributed by atoms with van der Waals surface area (Å²) in [6, 6.07) is 40.9. The molecular formula is C71H70O2Si2. The van der Waals surface area contributed by atoms with Crippen molar-refractivity contribution in [1.82, 2.24) is 0 Å². The van der Waals surface area contributed by atoms with Crippen molar-refractivity contribution < 1.29 is 9.53 Å². The van der Waals surface area contributed by atoms with Gasteiger partial charge in [0.25, 0.3) is 0 Å². The molecule has 0 N–H and O–H groups in total. The molecule has 0 spiro atoms. The van der Waals surface area contributed by atoms with E-state index in [0.29, 0.717) is 35.1 Å². The average Bonchev–Trinajstić information content (AvgIpc) is 3.34. The first kappa shape index (κ1) is 52.5. The second-order valence-corrected chi connectivity index (χ2v) is 33.4. The van der Waals surface area contributed by atoms with E-state index in [0.717, 1.165) is 56.6 Å². The van der Waals surface area contributed by atoms with Crippen LogP contribution in [0.4, 0.5) is 0 Å². The zero-order valence-corrected chi connectivity index (χ0v) is 48.6. The summed E-state index contributed by atoms with van der Waals surface area (Å²) in [5, 5.41) is 14.1. The quantitative estimate of drug-likeness (QED) is 0.0688. The molecule has 75 heavy (non-hydrogen) atoms. The molecule has 0 saturated carbocycles. The van der Waals surface area contributed by atoms with E-state index in [9.17, 15) is 4.79 Å². The molecular weight excluding hydrogens is 941 g/mol. The van der Waals surface area contributed by atoms with Gasteiger partial charge >= 0.3 is 5.97 Å². The molecule has 9 aromatic carbocycles. The molecule has 0 radical (unpaired) electrons. The van der Waals surface area contributed by atoms with Gasteiger partial charge in [0.2, 0.25) is 0 Å². The lowest BCUT2D eigenvalue weighted by molar-refractivity contribution is 0.0405. The van der Waals surface area contributed by atoms with Crippen molar-refractivity contribution in [3.05, 3.63) is 176 Å². The molecule has 0 aliphatic carbocycles. The summed E-state index contributed by atoms with van der Waals surface area (Å²) in [7, 11) is -3.33. The maximum Gasteiger partial charge on any atom is 0.338 e. The van der Waals surface area contributed by atoms with E-state index in [1.165, 1.54) is 65.3 Å². The van der Waals surface area contributed by atoms with E-state index in [2.05, 4.69) is 238 Å². The van der Waals surface area contributed by atoms with Gasteiger partial charge in [0.1, 0.15) is 16.1 Å². The van der Waals surface area contributed by atoms with E-state index in [1.54, 1.807) is 0 Å². The van der Waals surface area contributed by atoms with Gasteiger partial charge in [-0.15, -0.1) is 11.1 Å². The third kappa shape index (κ3) is 11.5. The molecule has 0 aliphatic heterocycles. The molecule has 2 nitrogen and oxygen atoms in total. The highest BCUT2D eigenvalue weighted by Gasteiger charge is 2.20. The predicted molar refractivity (Wildman–Crippen MR) is 328 cm³/mol. The van der Waals surface area contributed by atoms with Gasteiger partial charge in [-0.2, -0.15) is 0 Å².